The van der Waals surface area contributed by atoms with E-state index in [9.17, 15) is 60.3 Å². The van der Waals surface area contributed by atoms with Crippen LogP contribution in [-0.2, 0) is 57.4 Å². The van der Waals surface area contributed by atoms with Gasteiger partial charge in [-0.1, -0.05) is 89.1 Å². The molecule has 34 nitrogen and oxygen atoms in total. The fourth-order valence-corrected chi connectivity index (χ4v) is 18.8. The van der Waals surface area contributed by atoms with E-state index in [1.807, 2.05) is 13.8 Å². The molecule has 122 heavy (non-hydrogen) atoms. The molecule has 0 radical (unpaired) electrons. The summed E-state index contributed by atoms with van der Waals surface area (Å²) in [7, 11) is 1.51. The first-order valence-electron chi connectivity index (χ1n) is 42.0. The number of likely N-dealkylation sites (N-methyl/N-ethyl adjacent to an activating group) is 1. The van der Waals surface area contributed by atoms with Crippen molar-refractivity contribution in [3.05, 3.63) is 117 Å². The summed E-state index contributed by atoms with van der Waals surface area (Å²) in [5, 5.41) is 131. The van der Waals surface area contributed by atoms with Crippen LogP contribution in [0.25, 0.3) is 11.1 Å². The van der Waals surface area contributed by atoms with Gasteiger partial charge in [-0.25, -0.2) is 0 Å². The topological polar surface area (TPSA) is 525 Å². The Morgan fingerprint density at radius 2 is 1.30 bits per heavy atom. The number of aliphatic hydroxyl groups excluding tert-OH is 6. The lowest BCUT2D eigenvalue weighted by Crippen LogP contribution is -2.64. The highest BCUT2D eigenvalue weighted by Gasteiger charge is 2.53. The van der Waals surface area contributed by atoms with E-state index in [2.05, 4.69) is 54.8 Å². The van der Waals surface area contributed by atoms with Crippen LogP contribution in [0, 0.1) is 36.5 Å². The highest BCUT2D eigenvalue weighted by Crippen LogP contribution is 2.55. The quantitative estimate of drug-likeness (QED) is 0.0409. The number of carbonyl (C=O) groups is 9. The normalized spacial score (nSPS) is 30.9. The molecule has 660 valence electrons. The van der Waals surface area contributed by atoms with Crippen LogP contribution in [0.2, 0.25) is 5.02 Å². The molecule has 18 atom stereocenters. The number of aromatic hydroxyl groups is 3. The van der Waals surface area contributed by atoms with Gasteiger partial charge in [0.25, 0.3) is 0 Å². The van der Waals surface area contributed by atoms with Crippen LogP contribution in [0.3, 0.4) is 0 Å². The van der Waals surface area contributed by atoms with E-state index in [0.717, 1.165) is 107 Å². The number of rotatable bonds is 22. The predicted molar refractivity (Wildman–Crippen MR) is 437 cm³/mol. The van der Waals surface area contributed by atoms with Gasteiger partial charge in [0.05, 0.1) is 36.3 Å². The molecule has 7 heterocycles. The molecule has 7 aliphatic heterocycles. The largest absolute Gasteiger partial charge is 0.508 e. The van der Waals surface area contributed by atoms with Crippen molar-refractivity contribution in [2.45, 2.75) is 260 Å². The van der Waals surface area contributed by atoms with Crippen molar-refractivity contribution in [3.63, 3.8) is 0 Å². The Hall–Kier alpha value is -9.82. The molecule has 5 aromatic rings. The van der Waals surface area contributed by atoms with Gasteiger partial charge < -0.3 is 123 Å². The SMILES string of the molecule is CCCCCCCCCC(=O)NC(=O)C[C@@H]1NC(=O)[C@H](NC(=O)[C@@H](CC(C)C)NC)[C@H](O)c2ccc(c(C)c2)Oc2cc3cc(c2O[C@@H]2O[C@H](CO)[C@@H](O)[C@H](O)[C@H]2O[C@H]2C[C@](C)(N)[C@H](O)[C@H](C)O2)Oc2ccc(cc2Cl)[C@@H](O)[C@@H]2NC(=O)[C@H](NC(=O)[C@@H]3NC1=O)c1ccc(O)c(c1)-c1c(O)cc(O)cc1[C@@H](C(=O)NC1C3CC4CC(C3)CC1C4)NC2=O. The zero-order chi connectivity index (χ0) is 87.6. The zero-order valence-electron chi connectivity index (χ0n) is 68.9. The molecule has 6 fully saturated rings. The molecule has 15 bridgehead atoms. The number of hydrogen-bond acceptors (Lipinski definition) is 26. The average molecular weight is 1720 g/mol. The standard InChI is InChI=1S/C87H111ClN10O24/c1-8-9-10-11-12-13-14-15-62(103)92-63(104)35-54-80(111)94-68-48-31-59(118-57-20-17-44(23-39(57)4)72(105)70(84(115)91-54)97-79(110)53(90-7)22-38(2)3)76(122-86-77(75(108)74(107)61(37-99)120-86)121-64-36-87(6,89)78(109)40(5)117-64)60(32-48)119-58-21-18-45(30-52(58)88)73(106)71-85(116)96-69(83(114)93-66-46-25-41-24-42(27-46)28-47(66)26-41)51-33-49(100)34-56(102)65(51)50-29-43(16-19-55(50)101)67(81(112)98-71)95-82(68)113/h16-21,23,29-34,38,40-42,46-47,53-54,61,64,66-75,77-78,86,90,99-102,105-109H,8-15,22,24-28,35-37,89H2,1-7H3,(H,91,115)(H,93,114)(H,94,111)(H,95,113)(H,96,116)(H,97,110)(H,98,112)(H,92,103,104)/t40-,41?,42?,46?,47?,53+,54-,61+,64-,66?,67+,68+,69-,70+,71-,72+,73+,74+,75-,77+,78+,86-,87-/m0/s1. The van der Waals surface area contributed by atoms with Crippen LogP contribution in [0.1, 0.15) is 201 Å². The number of carbonyl (C=O) groups excluding carboxylic acids is 9. The number of fused-ring (bicyclic) bond motifs is 15. The molecule has 0 aromatic heterocycles. The van der Waals surface area contributed by atoms with Crippen LogP contribution >= 0.6 is 11.6 Å². The lowest BCUT2D eigenvalue weighted by Gasteiger charge is -2.54. The van der Waals surface area contributed by atoms with E-state index in [1.54, 1.807) is 0 Å². The molecule has 4 saturated carbocycles. The molecule has 0 unspecified atom stereocenters. The summed E-state index contributed by atoms with van der Waals surface area (Å²) >= 11 is 7.30. The van der Waals surface area contributed by atoms with E-state index < -0.39 is 215 Å². The minimum Gasteiger partial charge on any atom is -0.508 e. The number of benzene rings is 5. The van der Waals surface area contributed by atoms with Crippen molar-refractivity contribution in [1.82, 2.24) is 47.9 Å². The first-order chi connectivity index (χ1) is 58.1. The molecule has 16 rings (SSSR count). The van der Waals surface area contributed by atoms with Crippen molar-refractivity contribution >= 4 is 64.8 Å². The van der Waals surface area contributed by atoms with Crippen molar-refractivity contribution in [2.24, 2.45) is 35.3 Å². The fraction of sp³-hybridized carbons (Fsp3) is 0.552. The van der Waals surface area contributed by atoms with Gasteiger partial charge in [-0.3, -0.25) is 48.5 Å². The number of amides is 9. The third-order valence-corrected chi connectivity index (χ3v) is 25.1. The minimum absolute atomic E-state index is 0.0364. The molecular weight excluding hydrogens is 1600 g/mol. The summed E-state index contributed by atoms with van der Waals surface area (Å²) < 4.78 is 39.3. The Labute approximate surface area is 709 Å². The van der Waals surface area contributed by atoms with E-state index in [4.69, 9.17) is 45.8 Å². The molecule has 5 aromatic carbocycles. The molecule has 20 N–H and O–H groups in total. The van der Waals surface area contributed by atoms with E-state index in [0.29, 0.717) is 24.7 Å². The number of aryl methyl sites for hydroxylation is 1. The van der Waals surface area contributed by atoms with Gasteiger partial charge in [0.2, 0.25) is 65.2 Å². The monoisotopic (exact) mass is 1710 g/mol. The fourth-order valence-electron chi connectivity index (χ4n) is 18.6. The third-order valence-electron chi connectivity index (χ3n) is 24.8. The van der Waals surface area contributed by atoms with Crippen LogP contribution in [0.4, 0.5) is 0 Å². The second kappa shape index (κ2) is 38.1. The maximum absolute atomic E-state index is 16.6. The maximum Gasteiger partial charge on any atom is 0.248 e. The molecule has 11 aliphatic rings. The van der Waals surface area contributed by atoms with Gasteiger partial charge in [-0.2, -0.15) is 0 Å². The summed E-state index contributed by atoms with van der Waals surface area (Å²) in [6.45, 7) is 9.39. The van der Waals surface area contributed by atoms with E-state index >= 15 is 28.8 Å². The van der Waals surface area contributed by atoms with Gasteiger partial charge in [-0.05, 0) is 190 Å². The Morgan fingerprint density at radius 3 is 1.94 bits per heavy atom. The molecule has 0 spiro atoms. The molecule has 9 amide bonds. The number of ether oxygens (including phenoxy) is 6. The zero-order valence-corrected chi connectivity index (χ0v) is 69.7. The number of halogens is 1. The summed E-state index contributed by atoms with van der Waals surface area (Å²) in [5.74, 6) is -13.3. The second-order valence-electron chi connectivity index (χ2n) is 34.6. The predicted octanol–water partition coefficient (Wildman–Crippen LogP) is 4.92. The lowest BCUT2D eigenvalue weighted by molar-refractivity contribution is -0.333. The van der Waals surface area contributed by atoms with Crippen molar-refractivity contribution < 1.29 is 118 Å². The Morgan fingerprint density at radius 1 is 0.664 bits per heavy atom. The Balaban J connectivity index is 1.01. The van der Waals surface area contributed by atoms with Gasteiger partial charge in [-0.15, -0.1) is 0 Å². The smallest absolute Gasteiger partial charge is 0.248 e. The van der Waals surface area contributed by atoms with Crippen LogP contribution < -0.4 is 67.8 Å². The first-order valence-corrected chi connectivity index (χ1v) is 42.4. The summed E-state index contributed by atoms with van der Waals surface area (Å²) in [5.41, 5.74) is 3.46. The van der Waals surface area contributed by atoms with Crippen LogP contribution in [0.15, 0.2) is 78.9 Å². The van der Waals surface area contributed by atoms with Crippen LogP contribution in [-0.4, -0.2) is 198 Å². The highest BCUT2D eigenvalue weighted by molar-refractivity contribution is 6.32. The number of imide groups is 1. The molecule has 2 saturated heterocycles. The average Bonchev–Trinajstić information content (AvgIpc) is 0.761. The van der Waals surface area contributed by atoms with Crippen molar-refractivity contribution in [3.8, 4) is 57.1 Å². The van der Waals surface area contributed by atoms with Gasteiger partial charge in [0.15, 0.2) is 23.9 Å². The molecule has 4 aliphatic carbocycles. The van der Waals surface area contributed by atoms with E-state index in [1.165, 1.54) is 64.2 Å². The van der Waals surface area contributed by atoms with Crippen molar-refractivity contribution in [1.29, 1.82) is 0 Å². The first kappa shape index (κ1) is 89.9. The van der Waals surface area contributed by atoms with Gasteiger partial charge >= 0.3 is 0 Å². The molecular formula is C87H111ClN10O24. The number of unbranched alkanes of at least 4 members (excludes halogenated alkanes) is 6. The highest BCUT2D eigenvalue weighted by atomic mass is 35.5. The van der Waals surface area contributed by atoms with Crippen LogP contribution in [0.5, 0.6) is 46.0 Å². The summed E-state index contributed by atoms with van der Waals surface area (Å²) in [4.78, 5) is 138. The minimum atomic E-state index is -2.35. The molecule has 35 heteroatoms. The summed E-state index contributed by atoms with van der Waals surface area (Å²) in [6.07, 6.45) is -8.29. The van der Waals surface area contributed by atoms with E-state index in [-0.39, 0.29) is 98.5 Å². The summed E-state index contributed by atoms with van der Waals surface area (Å²) in [6, 6.07) is 1.08. The number of phenolic OH excluding ortho intramolecular Hbond substituents is 3. The lowest BCUT2D eigenvalue weighted by atomic mass is 9.54. The Kier molecular flexibility index (Phi) is 28.1. The number of phenols is 3. The van der Waals surface area contributed by atoms with Crippen molar-refractivity contribution in [2.75, 3.05) is 13.7 Å². The van der Waals surface area contributed by atoms with Gasteiger partial charge in [0, 0.05) is 41.6 Å². The number of nitrogens with two attached hydrogens (primary N) is 1. The number of aliphatic hydroxyl groups is 6. The Bertz CT molecular complexity index is 4740. The number of nitrogens with one attached hydrogen (secondary N) is 9. The number of hydrogen-bond donors (Lipinski definition) is 19. The second-order valence-corrected chi connectivity index (χ2v) is 35.0. The third kappa shape index (κ3) is 19.9. The van der Waals surface area contributed by atoms with Gasteiger partial charge in [0.1, 0.15) is 95.5 Å². The maximum atomic E-state index is 16.6.